The second-order valence-corrected chi connectivity index (χ2v) is 12.5. The summed E-state index contributed by atoms with van der Waals surface area (Å²) in [6.45, 7) is 3.46. The quantitative estimate of drug-likeness (QED) is 0.152. The van der Waals surface area contributed by atoms with E-state index in [0.717, 1.165) is 79.1 Å². The van der Waals surface area contributed by atoms with Crippen LogP contribution in [0.5, 0.6) is 17.2 Å². The first-order chi connectivity index (χ1) is 23.9. The minimum Gasteiger partial charge on any atom is -0.493 e. The second-order valence-electron chi connectivity index (χ2n) is 12.5. The Morgan fingerprint density at radius 1 is 1.00 bits per heavy atom. The fourth-order valence-electron chi connectivity index (χ4n) is 6.65. The number of H-pyrrole nitrogens is 1. The predicted octanol–water partition coefficient (Wildman–Crippen LogP) is 5.79. The van der Waals surface area contributed by atoms with Crippen LogP contribution in [0.4, 0.5) is 5.95 Å². The van der Waals surface area contributed by atoms with Crippen molar-refractivity contribution in [3.8, 4) is 17.2 Å². The molecule has 1 aliphatic rings. The third-order valence-corrected chi connectivity index (χ3v) is 9.32. The van der Waals surface area contributed by atoms with E-state index in [4.69, 9.17) is 19.2 Å². The topological polar surface area (TPSA) is 118 Å². The van der Waals surface area contributed by atoms with Crippen LogP contribution < -0.4 is 19.5 Å². The zero-order valence-electron chi connectivity index (χ0n) is 28.7. The number of para-hydroxylation sites is 1. The molecule has 1 amide bonds. The molecule has 1 fully saturated rings. The van der Waals surface area contributed by atoms with Gasteiger partial charge < -0.3 is 34.3 Å². The number of carbonyl (C=O) groups excluding carboxylic acids is 1. The molecule has 4 heterocycles. The minimum atomic E-state index is -0.116. The van der Waals surface area contributed by atoms with Gasteiger partial charge in [0.05, 0.1) is 32.4 Å². The van der Waals surface area contributed by atoms with E-state index in [1.54, 1.807) is 44.6 Å². The average molecular weight is 664 g/mol. The number of hydrogen-bond donors (Lipinski definition) is 2. The Bertz CT molecular complexity index is 1800. The molecule has 0 spiro atoms. The molecular weight excluding hydrogens is 618 g/mol. The number of ether oxygens (including phenoxy) is 3. The first kappa shape index (κ1) is 33.7. The van der Waals surface area contributed by atoms with Crippen LogP contribution in [0.25, 0.3) is 11.0 Å². The highest BCUT2D eigenvalue weighted by atomic mass is 16.5. The number of aromatic amines is 1. The number of anilines is 1. The number of hydrogen-bond acceptors (Lipinski definition) is 9. The lowest BCUT2D eigenvalue weighted by atomic mass is 9.95. The third kappa shape index (κ3) is 8.11. The number of benzene rings is 2. The Morgan fingerprint density at radius 2 is 1.80 bits per heavy atom. The molecule has 11 heteroatoms. The number of nitrogens with one attached hydrogen (secondary N) is 2. The van der Waals surface area contributed by atoms with Gasteiger partial charge in [0.15, 0.2) is 11.5 Å². The largest absolute Gasteiger partial charge is 0.493 e. The summed E-state index contributed by atoms with van der Waals surface area (Å²) >= 11 is 0. The number of piperidine rings is 1. The van der Waals surface area contributed by atoms with Gasteiger partial charge in [0.2, 0.25) is 11.7 Å². The molecule has 0 saturated carbocycles. The van der Waals surface area contributed by atoms with E-state index < -0.39 is 0 Å². The summed E-state index contributed by atoms with van der Waals surface area (Å²) in [6, 6.07) is 20.1. The maximum Gasteiger partial charge on any atom is 0.253 e. The van der Waals surface area contributed by atoms with Crippen molar-refractivity contribution in [1.82, 2.24) is 29.7 Å². The summed E-state index contributed by atoms with van der Waals surface area (Å²) in [4.78, 5) is 35.2. The summed E-state index contributed by atoms with van der Waals surface area (Å²) < 4.78 is 16.4. The van der Waals surface area contributed by atoms with Crippen molar-refractivity contribution in [2.24, 2.45) is 0 Å². The first-order valence-corrected chi connectivity index (χ1v) is 16.8. The highest BCUT2D eigenvalue weighted by molar-refractivity contribution is 5.95. The number of aromatic nitrogens is 4. The number of methoxy groups -OCH3 is 3. The van der Waals surface area contributed by atoms with Crippen LogP contribution in [0.3, 0.4) is 0 Å². The van der Waals surface area contributed by atoms with E-state index in [0.29, 0.717) is 35.4 Å². The summed E-state index contributed by atoms with van der Waals surface area (Å²) in [5.74, 6) is 2.18. The Hall–Kier alpha value is -5.16. The lowest BCUT2D eigenvalue weighted by Gasteiger charge is -2.33. The number of pyridine rings is 2. The molecule has 0 aliphatic carbocycles. The number of likely N-dealkylation sites (tertiary alicyclic amines) is 1. The van der Waals surface area contributed by atoms with Crippen LogP contribution >= 0.6 is 0 Å². The SMILES string of the molecule is COc1cc(C(=O)N(C)CC(CCN2CCC(Nc3nc4c(Cc5ccccn5)cccc4[nH]3)CC2)c2cccnc2)cc(OC)c1OC. The molecular formula is C38H45N7O4. The van der Waals surface area contributed by atoms with Crippen molar-refractivity contribution in [3.63, 3.8) is 0 Å². The molecule has 11 nitrogen and oxygen atoms in total. The number of fused-ring (bicyclic) bond motifs is 1. The molecule has 1 saturated heterocycles. The first-order valence-electron chi connectivity index (χ1n) is 16.8. The number of amides is 1. The number of carbonyl (C=O) groups is 1. The molecule has 256 valence electrons. The molecule has 49 heavy (non-hydrogen) atoms. The molecule has 1 aliphatic heterocycles. The van der Waals surface area contributed by atoms with Crippen LogP contribution in [0.1, 0.15) is 52.4 Å². The maximum atomic E-state index is 13.6. The summed E-state index contributed by atoms with van der Waals surface area (Å²) in [7, 11) is 6.48. The lowest BCUT2D eigenvalue weighted by molar-refractivity contribution is 0.0781. The standard InChI is InChI=1S/C38H45N7O4/c1-44(37(46)29-22-33(47-2)36(49-4)34(23-29)48-3)25-28(27-10-8-16-39-24-27)13-18-45-19-14-30(15-20-45)41-38-42-32-12-7-9-26(35(32)43-38)21-31-11-5-6-17-40-31/h5-12,16-17,22-24,28,30H,13-15,18-21,25H2,1-4H3,(H2,41,42,43). The molecule has 2 N–H and O–H groups in total. The van der Waals surface area contributed by atoms with Gasteiger partial charge in [0.1, 0.15) is 0 Å². The van der Waals surface area contributed by atoms with Crippen molar-refractivity contribution in [2.45, 2.75) is 37.6 Å². The van der Waals surface area contributed by atoms with Crippen molar-refractivity contribution in [1.29, 1.82) is 0 Å². The van der Waals surface area contributed by atoms with Gasteiger partial charge >= 0.3 is 0 Å². The number of rotatable bonds is 14. The molecule has 2 aromatic carbocycles. The van der Waals surface area contributed by atoms with Gasteiger partial charge in [0, 0.05) is 74.9 Å². The van der Waals surface area contributed by atoms with E-state index >= 15 is 0 Å². The van der Waals surface area contributed by atoms with E-state index in [2.05, 4.69) is 49.4 Å². The number of imidazole rings is 1. The zero-order valence-corrected chi connectivity index (χ0v) is 28.7. The van der Waals surface area contributed by atoms with Crippen LogP contribution in [0.15, 0.2) is 79.3 Å². The Balaban J connectivity index is 1.05. The van der Waals surface area contributed by atoms with Crippen LogP contribution in [0, 0.1) is 0 Å². The molecule has 6 rings (SSSR count). The summed E-state index contributed by atoms with van der Waals surface area (Å²) in [6.07, 6.45) is 9.22. The van der Waals surface area contributed by atoms with Crippen molar-refractivity contribution in [3.05, 3.63) is 102 Å². The van der Waals surface area contributed by atoms with E-state index in [1.165, 1.54) is 0 Å². The molecule has 0 radical (unpaired) electrons. The fourth-order valence-corrected chi connectivity index (χ4v) is 6.65. The summed E-state index contributed by atoms with van der Waals surface area (Å²) in [5.41, 5.74) is 5.81. The fraction of sp³-hybridized carbons (Fsp3) is 0.368. The number of likely N-dealkylation sites (N-methyl/N-ethyl adjacent to an activating group) is 1. The van der Waals surface area contributed by atoms with Gasteiger partial charge in [-0.1, -0.05) is 24.3 Å². The average Bonchev–Trinajstić information content (AvgIpc) is 3.57. The van der Waals surface area contributed by atoms with Crippen molar-refractivity contribution in [2.75, 3.05) is 59.9 Å². The van der Waals surface area contributed by atoms with E-state index in [-0.39, 0.29) is 11.8 Å². The number of nitrogens with zero attached hydrogens (tertiary/aromatic N) is 5. The molecule has 1 unspecified atom stereocenters. The van der Waals surface area contributed by atoms with Gasteiger partial charge in [-0.3, -0.25) is 14.8 Å². The van der Waals surface area contributed by atoms with Gasteiger partial charge in [-0.05, 0) is 73.3 Å². The lowest BCUT2D eigenvalue weighted by Crippen LogP contribution is -2.40. The molecule has 1 atom stereocenters. The smallest absolute Gasteiger partial charge is 0.253 e. The molecule has 3 aromatic heterocycles. The van der Waals surface area contributed by atoms with Crippen LogP contribution in [-0.2, 0) is 6.42 Å². The Kier molecular flexibility index (Phi) is 10.9. The Labute approximate surface area is 287 Å². The second kappa shape index (κ2) is 15.8. The molecule has 0 bridgehead atoms. The summed E-state index contributed by atoms with van der Waals surface area (Å²) in [5, 5.41) is 3.66. The van der Waals surface area contributed by atoms with Gasteiger partial charge in [-0.25, -0.2) is 4.98 Å². The van der Waals surface area contributed by atoms with Crippen molar-refractivity contribution >= 4 is 22.9 Å². The van der Waals surface area contributed by atoms with Crippen LogP contribution in [-0.4, -0.2) is 96.2 Å². The normalized spacial score (nSPS) is 14.4. The third-order valence-electron chi connectivity index (χ3n) is 9.32. The predicted molar refractivity (Wildman–Crippen MR) is 191 cm³/mol. The monoisotopic (exact) mass is 663 g/mol. The van der Waals surface area contributed by atoms with Gasteiger partial charge in [0.25, 0.3) is 5.91 Å². The highest BCUT2D eigenvalue weighted by Crippen LogP contribution is 2.38. The highest BCUT2D eigenvalue weighted by Gasteiger charge is 2.25. The van der Waals surface area contributed by atoms with Gasteiger partial charge in [-0.2, -0.15) is 0 Å². The Morgan fingerprint density at radius 3 is 2.47 bits per heavy atom. The maximum absolute atomic E-state index is 13.6. The van der Waals surface area contributed by atoms with Crippen molar-refractivity contribution < 1.29 is 19.0 Å². The molecule has 5 aromatic rings. The van der Waals surface area contributed by atoms with Gasteiger partial charge in [-0.15, -0.1) is 0 Å². The van der Waals surface area contributed by atoms with Crippen LogP contribution in [0.2, 0.25) is 0 Å². The van der Waals surface area contributed by atoms with E-state index in [9.17, 15) is 4.79 Å². The minimum absolute atomic E-state index is 0.116. The van der Waals surface area contributed by atoms with E-state index in [1.807, 2.05) is 43.7 Å². The zero-order chi connectivity index (χ0) is 34.2.